The van der Waals surface area contributed by atoms with E-state index < -0.39 is 35.0 Å². The molecule has 5 nitrogen and oxygen atoms in total. The number of ether oxygens (including phenoxy) is 1. The van der Waals surface area contributed by atoms with Crippen LogP contribution in [0, 0.1) is 11.8 Å². The quantitative estimate of drug-likeness (QED) is 0.577. The average Bonchev–Trinajstić information content (AvgIpc) is 3.28. The molecule has 1 saturated heterocycles. The van der Waals surface area contributed by atoms with E-state index in [1.165, 1.54) is 0 Å². The third-order valence-corrected chi connectivity index (χ3v) is 5.66. The van der Waals surface area contributed by atoms with Crippen LogP contribution in [-0.2, 0) is 24.5 Å². The molecule has 138 valence electrons. The molecular formula is C20H15Cl2NO4. The Labute approximate surface area is 165 Å². The van der Waals surface area contributed by atoms with Crippen molar-refractivity contribution >= 4 is 46.7 Å². The van der Waals surface area contributed by atoms with E-state index in [1.54, 1.807) is 55.5 Å². The Hall–Kier alpha value is -2.37. The molecule has 2 fully saturated rings. The summed E-state index contributed by atoms with van der Waals surface area (Å²) < 4.78 is 5.12. The Morgan fingerprint density at radius 1 is 1.11 bits per heavy atom. The Morgan fingerprint density at radius 3 is 2.44 bits per heavy atom. The second-order valence-corrected chi connectivity index (χ2v) is 7.41. The summed E-state index contributed by atoms with van der Waals surface area (Å²) in [6, 6.07) is 13.2. The van der Waals surface area contributed by atoms with Gasteiger partial charge in [-0.3, -0.25) is 14.4 Å². The normalized spacial score (nSPS) is 26.1. The number of anilines is 1. The van der Waals surface area contributed by atoms with E-state index in [0.717, 1.165) is 4.90 Å². The van der Waals surface area contributed by atoms with E-state index in [9.17, 15) is 14.4 Å². The number of amides is 2. The number of fused-ring (bicyclic) bond motifs is 1. The number of halogens is 2. The molecule has 7 heteroatoms. The molecule has 2 aromatic rings. The summed E-state index contributed by atoms with van der Waals surface area (Å²) in [5.74, 6) is -3.02. The van der Waals surface area contributed by atoms with Gasteiger partial charge in [-0.25, -0.2) is 4.90 Å². The minimum absolute atomic E-state index is 0.180. The van der Waals surface area contributed by atoms with Crippen LogP contribution < -0.4 is 4.90 Å². The minimum atomic E-state index is -1.25. The topological polar surface area (TPSA) is 63.7 Å². The molecule has 0 aromatic heterocycles. The first-order valence-corrected chi connectivity index (χ1v) is 9.25. The molecular weight excluding hydrogens is 389 g/mol. The molecule has 0 spiro atoms. The van der Waals surface area contributed by atoms with Gasteiger partial charge in [-0.05, 0) is 42.8 Å². The highest BCUT2D eigenvalue weighted by atomic mass is 35.5. The van der Waals surface area contributed by atoms with Crippen molar-refractivity contribution in [2.75, 3.05) is 11.5 Å². The van der Waals surface area contributed by atoms with Crippen molar-refractivity contribution in [3.05, 3.63) is 64.1 Å². The third kappa shape index (κ3) is 2.49. The summed E-state index contributed by atoms with van der Waals surface area (Å²) in [4.78, 5) is 40.1. The van der Waals surface area contributed by atoms with Gasteiger partial charge in [0.25, 0.3) is 0 Å². The fourth-order valence-electron chi connectivity index (χ4n) is 4.04. The Bertz CT molecular complexity index is 959. The predicted molar refractivity (Wildman–Crippen MR) is 101 cm³/mol. The number of carbonyl (C=O) groups excluding carboxylic acids is 3. The zero-order valence-electron chi connectivity index (χ0n) is 14.3. The summed E-state index contributed by atoms with van der Waals surface area (Å²) in [6.07, 6.45) is 0. The van der Waals surface area contributed by atoms with Crippen LogP contribution >= 0.6 is 23.2 Å². The van der Waals surface area contributed by atoms with Crippen LogP contribution in [0.2, 0.25) is 10.0 Å². The van der Waals surface area contributed by atoms with Gasteiger partial charge in [0.15, 0.2) is 0 Å². The number of imide groups is 1. The third-order valence-electron chi connectivity index (χ3n) is 5.18. The molecule has 0 bridgehead atoms. The van der Waals surface area contributed by atoms with Crippen LogP contribution in [0.25, 0.3) is 0 Å². The maximum absolute atomic E-state index is 13.4. The van der Waals surface area contributed by atoms with Gasteiger partial charge in [0.05, 0.1) is 24.1 Å². The Balaban J connectivity index is 1.81. The van der Waals surface area contributed by atoms with E-state index in [2.05, 4.69) is 0 Å². The molecule has 0 N–H and O–H groups in total. The molecule has 27 heavy (non-hydrogen) atoms. The fourth-order valence-corrected chi connectivity index (χ4v) is 4.35. The lowest BCUT2D eigenvalue weighted by molar-refractivity contribution is -0.147. The van der Waals surface area contributed by atoms with Gasteiger partial charge in [0.1, 0.15) is 5.41 Å². The average molecular weight is 404 g/mol. The zero-order valence-corrected chi connectivity index (χ0v) is 15.8. The van der Waals surface area contributed by atoms with Gasteiger partial charge in [0.2, 0.25) is 11.8 Å². The number of hydrogen-bond donors (Lipinski definition) is 0. The summed E-state index contributed by atoms with van der Waals surface area (Å²) >= 11 is 12.0. The van der Waals surface area contributed by atoms with Gasteiger partial charge in [0, 0.05) is 10.0 Å². The largest absolute Gasteiger partial charge is 0.466 e. The molecule has 0 radical (unpaired) electrons. The van der Waals surface area contributed by atoms with Crippen LogP contribution in [0.1, 0.15) is 12.5 Å². The molecule has 2 amide bonds. The zero-order chi connectivity index (χ0) is 19.3. The van der Waals surface area contributed by atoms with Gasteiger partial charge in [-0.15, -0.1) is 0 Å². The van der Waals surface area contributed by atoms with Crippen molar-refractivity contribution in [1.82, 2.24) is 0 Å². The SMILES string of the molecule is CCOC(=O)[C@@H]1[C@@H]2C(=O)N(c3cccc(Cl)c3)C(=O)[C@]12c1ccc(Cl)cc1. The predicted octanol–water partition coefficient (Wildman–Crippen LogP) is 3.61. The van der Waals surface area contributed by atoms with E-state index in [0.29, 0.717) is 21.3 Å². The van der Waals surface area contributed by atoms with Gasteiger partial charge < -0.3 is 4.74 Å². The summed E-state index contributed by atoms with van der Waals surface area (Å²) in [7, 11) is 0. The van der Waals surface area contributed by atoms with Crippen molar-refractivity contribution in [3.63, 3.8) is 0 Å². The van der Waals surface area contributed by atoms with E-state index in [4.69, 9.17) is 27.9 Å². The van der Waals surface area contributed by atoms with E-state index in [1.807, 2.05) is 0 Å². The highest BCUT2D eigenvalue weighted by Gasteiger charge is 2.83. The summed E-state index contributed by atoms with van der Waals surface area (Å²) in [6.45, 7) is 1.87. The molecule has 1 aliphatic carbocycles. The number of rotatable bonds is 4. The van der Waals surface area contributed by atoms with Crippen LogP contribution in [0.5, 0.6) is 0 Å². The van der Waals surface area contributed by atoms with Crippen molar-refractivity contribution in [2.45, 2.75) is 12.3 Å². The molecule has 2 aromatic carbocycles. The number of esters is 1. The second kappa shape index (κ2) is 6.36. The van der Waals surface area contributed by atoms with E-state index in [-0.39, 0.29) is 6.61 Å². The Kier molecular flexibility index (Phi) is 4.24. The maximum Gasteiger partial charge on any atom is 0.311 e. The second-order valence-electron chi connectivity index (χ2n) is 6.54. The first-order valence-electron chi connectivity index (χ1n) is 8.49. The first kappa shape index (κ1) is 18.0. The number of nitrogens with zero attached hydrogens (tertiary/aromatic N) is 1. The lowest BCUT2D eigenvalue weighted by Crippen LogP contribution is -2.40. The van der Waals surface area contributed by atoms with Crippen molar-refractivity contribution in [3.8, 4) is 0 Å². The first-order chi connectivity index (χ1) is 12.9. The summed E-state index contributed by atoms with van der Waals surface area (Å²) in [5.41, 5.74) is -0.283. The van der Waals surface area contributed by atoms with Crippen LogP contribution in [0.3, 0.4) is 0 Å². The maximum atomic E-state index is 13.4. The van der Waals surface area contributed by atoms with Crippen molar-refractivity contribution in [1.29, 1.82) is 0 Å². The number of hydrogen-bond acceptors (Lipinski definition) is 4. The van der Waals surface area contributed by atoms with Gasteiger partial charge in [-0.2, -0.15) is 0 Å². The smallest absolute Gasteiger partial charge is 0.311 e. The highest BCUT2D eigenvalue weighted by Crippen LogP contribution is 2.66. The summed E-state index contributed by atoms with van der Waals surface area (Å²) in [5, 5.41) is 0.916. The number of carbonyl (C=O) groups is 3. The monoisotopic (exact) mass is 403 g/mol. The standard InChI is InChI=1S/C20H15Cl2NO4/c1-2-27-18(25)16-15-17(24)23(14-5-3-4-13(22)10-14)19(26)20(15,16)11-6-8-12(21)9-7-11/h3-10,15-16H,2H2,1H3/t15-,16+,20+/m1/s1. The molecule has 2 aliphatic rings. The van der Waals surface area contributed by atoms with Crippen LogP contribution in [0.4, 0.5) is 5.69 Å². The molecule has 1 heterocycles. The van der Waals surface area contributed by atoms with Crippen LogP contribution in [-0.4, -0.2) is 24.4 Å². The molecule has 0 unspecified atom stereocenters. The number of piperidine rings is 1. The van der Waals surface area contributed by atoms with Crippen molar-refractivity contribution < 1.29 is 19.1 Å². The molecule has 1 saturated carbocycles. The van der Waals surface area contributed by atoms with Gasteiger partial charge >= 0.3 is 5.97 Å². The van der Waals surface area contributed by atoms with E-state index >= 15 is 0 Å². The number of benzene rings is 2. The van der Waals surface area contributed by atoms with Gasteiger partial charge in [-0.1, -0.05) is 41.4 Å². The lowest BCUT2D eigenvalue weighted by Gasteiger charge is -2.22. The molecule has 4 rings (SSSR count). The minimum Gasteiger partial charge on any atom is -0.466 e. The fraction of sp³-hybridized carbons (Fsp3) is 0.250. The molecule has 3 atom stereocenters. The van der Waals surface area contributed by atoms with Crippen LogP contribution in [0.15, 0.2) is 48.5 Å². The Morgan fingerprint density at radius 2 is 1.81 bits per heavy atom. The highest BCUT2D eigenvalue weighted by molar-refractivity contribution is 6.34. The molecule has 1 aliphatic heterocycles. The van der Waals surface area contributed by atoms with Crippen molar-refractivity contribution in [2.24, 2.45) is 11.8 Å². The lowest BCUT2D eigenvalue weighted by atomic mass is 9.91.